The standard InChI is InChI=1S/C27H32O4/c1-30-27(29)24-16-14-15-23(21-24)22-25(28)17-10-7-5-3-2-4-6-8-13-20-31-26-18-11-9-12-19-26/h9,11-12,14-16,18-19,21H,2-8,13,20,22H2,1H3. The van der Waals surface area contributed by atoms with E-state index < -0.39 is 5.97 Å². The Labute approximate surface area is 186 Å². The van der Waals surface area contributed by atoms with Gasteiger partial charge in [0, 0.05) is 12.8 Å². The second-order valence-corrected chi connectivity index (χ2v) is 7.48. The van der Waals surface area contributed by atoms with Crippen LogP contribution >= 0.6 is 0 Å². The Bertz CT molecular complexity index is 862. The molecule has 0 saturated carbocycles. The Morgan fingerprint density at radius 1 is 0.839 bits per heavy atom. The average Bonchev–Trinajstić information content (AvgIpc) is 2.80. The number of carbonyl (C=O) groups is 2. The lowest BCUT2D eigenvalue weighted by molar-refractivity contribution is -0.113. The van der Waals surface area contributed by atoms with Crippen LogP contribution in [-0.2, 0) is 16.0 Å². The van der Waals surface area contributed by atoms with Gasteiger partial charge in [0.05, 0.1) is 19.3 Å². The van der Waals surface area contributed by atoms with E-state index in [0.29, 0.717) is 5.56 Å². The van der Waals surface area contributed by atoms with Crippen LogP contribution in [0, 0.1) is 11.8 Å². The highest BCUT2D eigenvalue weighted by Crippen LogP contribution is 2.12. The SMILES string of the molecule is COC(=O)c1cccc(CC(=O)C#CCCCCCCCCCOc2ccccc2)c1. The van der Waals surface area contributed by atoms with E-state index in [0.717, 1.165) is 43.6 Å². The average molecular weight is 421 g/mol. The van der Waals surface area contributed by atoms with Gasteiger partial charge in [-0.05, 0) is 48.6 Å². The second kappa shape index (κ2) is 14.8. The van der Waals surface area contributed by atoms with Crippen LogP contribution in [0.1, 0.15) is 67.3 Å². The molecule has 0 spiro atoms. The van der Waals surface area contributed by atoms with Crippen LogP contribution < -0.4 is 4.74 Å². The van der Waals surface area contributed by atoms with E-state index in [1.165, 1.54) is 32.8 Å². The maximum absolute atomic E-state index is 12.0. The zero-order valence-corrected chi connectivity index (χ0v) is 18.4. The van der Waals surface area contributed by atoms with Crippen molar-refractivity contribution in [3.8, 4) is 17.6 Å². The first-order chi connectivity index (χ1) is 15.2. The predicted octanol–water partition coefficient (Wildman–Crippen LogP) is 5.79. The first-order valence-corrected chi connectivity index (χ1v) is 11.1. The molecular formula is C27H32O4. The van der Waals surface area contributed by atoms with E-state index in [9.17, 15) is 9.59 Å². The molecule has 0 amide bonds. The number of carbonyl (C=O) groups excluding carboxylic acids is 2. The number of methoxy groups -OCH3 is 1. The number of ether oxygens (including phenoxy) is 2. The largest absolute Gasteiger partial charge is 0.494 e. The summed E-state index contributed by atoms with van der Waals surface area (Å²) in [4.78, 5) is 23.6. The summed E-state index contributed by atoms with van der Waals surface area (Å²) >= 11 is 0. The fourth-order valence-electron chi connectivity index (χ4n) is 3.22. The van der Waals surface area contributed by atoms with E-state index in [2.05, 4.69) is 11.8 Å². The third-order valence-electron chi connectivity index (χ3n) is 4.90. The molecule has 0 aliphatic rings. The number of unbranched alkanes of at least 4 members (excludes halogenated alkanes) is 7. The van der Waals surface area contributed by atoms with Gasteiger partial charge < -0.3 is 9.47 Å². The third-order valence-corrected chi connectivity index (χ3v) is 4.90. The summed E-state index contributed by atoms with van der Waals surface area (Å²) in [6.45, 7) is 0.778. The lowest BCUT2D eigenvalue weighted by atomic mass is 10.1. The fourth-order valence-corrected chi connectivity index (χ4v) is 3.22. The first-order valence-electron chi connectivity index (χ1n) is 11.1. The molecule has 2 aromatic rings. The Hall–Kier alpha value is -3.06. The van der Waals surface area contributed by atoms with Gasteiger partial charge >= 0.3 is 5.97 Å². The number of rotatable bonds is 13. The van der Waals surface area contributed by atoms with Crippen molar-refractivity contribution in [2.75, 3.05) is 13.7 Å². The molecular weight excluding hydrogens is 388 g/mol. The fraction of sp³-hybridized carbons (Fsp3) is 0.407. The van der Waals surface area contributed by atoms with Gasteiger partial charge in [0.15, 0.2) is 0 Å². The third kappa shape index (κ3) is 10.5. The van der Waals surface area contributed by atoms with Crippen LogP contribution in [0.4, 0.5) is 0 Å². The van der Waals surface area contributed by atoms with Crippen LogP contribution in [0.2, 0.25) is 0 Å². The molecule has 0 atom stereocenters. The molecule has 0 fully saturated rings. The van der Waals surface area contributed by atoms with Gasteiger partial charge in [-0.1, -0.05) is 68.4 Å². The Morgan fingerprint density at radius 3 is 2.29 bits per heavy atom. The Morgan fingerprint density at radius 2 is 1.55 bits per heavy atom. The van der Waals surface area contributed by atoms with Gasteiger partial charge in [-0.25, -0.2) is 4.79 Å². The lowest BCUT2D eigenvalue weighted by Crippen LogP contribution is -2.04. The highest BCUT2D eigenvalue weighted by atomic mass is 16.5. The predicted molar refractivity (Wildman–Crippen MR) is 123 cm³/mol. The molecule has 2 aromatic carbocycles. The Kier molecular flexibility index (Phi) is 11.6. The monoisotopic (exact) mass is 420 g/mol. The van der Waals surface area contributed by atoms with Gasteiger partial charge in [0.25, 0.3) is 0 Å². The summed E-state index contributed by atoms with van der Waals surface area (Å²) in [5.41, 5.74) is 1.22. The molecule has 4 nitrogen and oxygen atoms in total. The molecule has 0 aliphatic carbocycles. The van der Waals surface area contributed by atoms with Crippen LogP contribution in [0.5, 0.6) is 5.75 Å². The van der Waals surface area contributed by atoms with Crippen LogP contribution in [0.3, 0.4) is 0 Å². The maximum Gasteiger partial charge on any atom is 0.337 e. The van der Waals surface area contributed by atoms with Crippen LogP contribution in [0.25, 0.3) is 0 Å². The topological polar surface area (TPSA) is 52.6 Å². The van der Waals surface area contributed by atoms with Gasteiger partial charge in [0.2, 0.25) is 5.78 Å². The van der Waals surface area contributed by atoms with E-state index in [4.69, 9.17) is 9.47 Å². The first kappa shape index (κ1) is 24.2. The molecule has 4 heteroatoms. The molecule has 0 heterocycles. The number of ketones is 1. The number of benzene rings is 2. The lowest BCUT2D eigenvalue weighted by Gasteiger charge is -2.05. The van der Waals surface area contributed by atoms with Crippen molar-refractivity contribution in [1.29, 1.82) is 0 Å². The van der Waals surface area contributed by atoms with Crippen LogP contribution in [-0.4, -0.2) is 25.5 Å². The number of esters is 1. The summed E-state index contributed by atoms with van der Waals surface area (Å²) in [6.07, 6.45) is 9.07. The van der Waals surface area contributed by atoms with Crippen molar-refractivity contribution < 1.29 is 19.1 Å². The zero-order valence-electron chi connectivity index (χ0n) is 18.4. The molecule has 0 unspecified atom stereocenters. The quantitative estimate of drug-likeness (QED) is 0.178. The van der Waals surface area contributed by atoms with E-state index >= 15 is 0 Å². The van der Waals surface area contributed by atoms with E-state index in [1.807, 2.05) is 36.4 Å². The summed E-state index contributed by atoms with van der Waals surface area (Å²) in [5.74, 6) is 6.11. The van der Waals surface area contributed by atoms with Gasteiger partial charge in [-0.3, -0.25) is 4.79 Å². The molecule has 0 aromatic heterocycles. The summed E-state index contributed by atoms with van der Waals surface area (Å²) < 4.78 is 10.4. The highest BCUT2D eigenvalue weighted by molar-refractivity contribution is 5.97. The van der Waals surface area contributed by atoms with Gasteiger partial charge in [-0.15, -0.1) is 0 Å². The van der Waals surface area contributed by atoms with Crippen molar-refractivity contribution in [3.63, 3.8) is 0 Å². The molecule has 2 rings (SSSR count). The van der Waals surface area contributed by atoms with Crippen molar-refractivity contribution in [1.82, 2.24) is 0 Å². The van der Waals surface area contributed by atoms with Crippen molar-refractivity contribution in [3.05, 3.63) is 65.7 Å². The van der Waals surface area contributed by atoms with Gasteiger partial charge in [0.1, 0.15) is 5.75 Å². The molecule has 0 radical (unpaired) electrons. The minimum absolute atomic E-state index is 0.125. The summed E-state index contributed by atoms with van der Waals surface area (Å²) in [5, 5.41) is 0. The normalized spacial score (nSPS) is 10.1. The number of hydrogen-bond donors (Lipinski definition) is 0. The minimum atomic E-state index is -0.402. The highest BCUT2D eigenvalue weighted by Gasteiger charge is 2.07. The molecule has 164 valence electrons. The van der Waals surface area contributed by atoms with E-state index in [1.54, 1.807) is 18.2 Å². The smallest absolute Gasteiger partial charge is 0.337 e. The van der Waals surface area contributed by atoms with Crippen LogP contribution in [0.15, 0.2) is 54.6 Å². The second-order valence-electron chi connectivity index (χ2n) is 7.48. The molecule has 0 N–H and O–H groups in total. The van der Waals surface area contributed by atoms with Crippen molar-refractivity contribution in [2.24, 2.45) is 0 Å². The van der Waals surface area contributed by atoms with Gasteiger partial charge in [-0.2, -0.15) is 0 Å². The minimum Gasteiger partial charge on any atom is -0.494 e. The molecule has 0 saturated heterocycles. The molecule has 0 aliphatic heterocycles. The number of Topliss-reactive ketones (excluding diaryl/α,β-unsaturated/α-hetero) is 1. The molecule has 0 bridgehead atoms. The Balaban J connectivity index is 1.48. The van der Waals surface area contributed by atoms with Crippen molar-refractivity contribution in [2.45, 2.75) is 57.8 Å². The number of hydrogen-bond acceptors (Lipinski definition) is 4. The van der Waals surface area contributed by atoms with Crippen molar-refractivity contribution >= 4 is 11.8 Å². The zero-order chi connectivity index (χ0) is 22.2. The maximum atomic E-state index is 12.0. The molecule has 31 heavy (non-hydrogen) atoms. The summed E-state index contributed by atoms with van der Waals surface area (Å²) in [7, 11) is 1.34. The van der Waals surface area contributed by atoms with E-state index in [-0.39, 0.29) is 12.2 Å². The summed E-state index contributed by atoms with van der Waals surface area (Å²) in [6, 6.07) is 16.9. The number of para-hydroxylation sites is 1.